The average molecular weight is 537 g/mol. The maximum absolute atomic E-state index is 12.2. The summed E-state index contributed by atoms with van der Waals surface area (Å²) in [6.07, 6.45) is 2.70. The van der Waals surface area contributed by atoms with Crippen molar-refractivity contribution in [3.05, 3.63) is 45.9 Å². The Hall–Kier alpha value is -1.24. The minimum atomic E-state index is -3.50. The third kappa shape index (κ3) is 8.41. The first-order chi connectivity index (χ1) is 12.9. The van der Waals surface area contributed by atoms with Crippen LogP contribution in [0.25, 0.3) is 0 Å². The summed E-state index contributed by atoms with van der Waals surface area (Å²) < 4.78 is 27.1. The summed E-state index contributed by atoms with van der Waals surface area (Å²) >= 11 is 1.69. The number of hydrogen-bond donors (Lipinski definition) is 3. The smallest absolute Gasteiger partial charge is 0.240 e. The molecule has 0 saturated carbocycles. The highest BCUT2D eigenvalue weighted by Crippen LogP contribution is 2.11. The predicted octanol–water partition coefficient (Wildman–Crippen LogP) is 2.45. The zero-order chi connectivity index (χ0) is 19.7. The third-order valence-corrected chi connectivity index (χ3v) is 6.10. The summed E-state index contributed by atoms with van der Waals surface area (Å²) in [5.41, 5.74) is 1.02. The van der Waals surface area contributed by atoms with Gasteiger partial charge in [0.1, 0.15) is 0 Å². The van der Waals surface area contributed by atoms with Crippen molar-refractivity contribution in [3.8, 4) is 0 Å². The molecule has 0 radical (unpaired) electrons. The van der Waals surface area contributed by atoms with Crippen LogP contribution in [-0.2, 0) is 16.4 Å². The van der Waals surface area contributed by atoms with Crippen LogP contribution in [0.2, 0.25) is 0 Å². The van der Waals surface area contributed by atoms with Crippen molar-refractivity contribution in [2.45, 2.75) is 32.1 Å². The number of aryl methyl sites for hydroxylation is 2. The van der Waals surface area contributed by atoms with E-state index in [0.29, 0.717) is 19.0 Å². The predicted molar refractivity (Wildman–Crippen MR) is 126 cm³/mol. The Balaban J connectivity index is 0.00000392. The second-order valence-corrected chi connectivity index (χ2v) is 9.10. The van der Waals surface area contributed by atoms with Crippen LogP contribution in [0, 0.1) is 13.8 Å². The lowest BCUT2D eigenvalue weighted by Gasteiger charge is -2.11. The van der Waals surface area contributed by atoms with Crippen molar-refractivity contribution in [1.29, 1.82) is 0 Å². The summed E-state index contributed by atoms with van der Waals surface area (Å²) in [6.45, 7) is 7.98. The molecular weight excluding hydrogens is 509 g/mol. The van der Waals surface area contributed by atoms with Crippen molar-refractivity contribution >= 4 is 51.3 Å². The molecule has 1 aromatic carbocycles. The van der Waals surface area contributed by atoms with Crippen LogP contribution in [0.15, 0.2) is 40.4 Å². The number of hydrogen-bond acceptors (Lipinski definition) is 5. The van der Waals surface area contributed by atoms with Gasteiger partial charge in [-0.1, -0.05) is 17.7 Å². The van der Waals surface area contributed by atoms with Gasteiger partial charge in [0.25, 0.3) is 0 Å². The monoisotopic (exact) mass is 537 g/mol. The van der Waals surface area contributed by atoms with Crippen LogP contribution in [-0.4, -0.2) is 45.5 Å². The molecule has 0 fully saturated rings. The van der Waals surface area contributed by atoms with E-state index in [1.165, 1.54) is 4.88 Å². The number of halogens is 1. The molecule has 1 heterocycles. The standard InChI is InChI=1S/C18H27N5O2S2.HI/c1-4-19-18(20-10-9-17-22-13-15(3)26-17)21-11-12-23-27(24,25)16-7-5-14(2)6-8-16;/h5-8,13,23H,4,9-12H2,1-3H3,(H2,19,20,21);1H. The van der Waals surface area contributed by atoms with E-state index in [-0.39, 0.29) is 35.4 Å². The molecule has 3 N–H and O–H groups in total. The highest BCUT2D eigenvalue weighted by molar-refractivity contribution is 14.0. The van der Waals surface area contributed by atoms with Crippen molar-refractivity contribution in [1.82, 2.24) is 20.3 Å². The Morgan fingerprint density at radius 3 is 2.46 bits per heavy atom. The molecule has 0 amide bonds. The van der Waals surface area contributed by atoms with Crippen molar-refractivity contribution in [2.75, 3.05) is 26.2 Å². The molecule has 28 heavy (non-hydrogen) atoms. The van der Waals surface area contributed by atoms with E-state index in [1.54, 1.807) is 35.6 Å². The Morgan fingerprint density at radius 2 is 1.86 bits per heavy atom. The quantitative estimate of drug-likeness (QED) is 0.198. The van der Waals surface area contributed by atoms with Crippen molar-refractivity contribution < 1.29 is 8.42 Å². The molecule has 156 valence electrons. The number of nitrogens with zero attached hydrogens (tertiary/aromatic N) is 2. The molecule has 0 atom stereocenters. The van der Waals surface area contributed by atoms with E-state index in [2.05, 4.69) is 25.3 Å². The van der Waals surface area contributed by atoms with Crippen LogP contribution in [0.5, 0.6) is 0 Å². The molecule has 1 aromatic heterocycles. The van der Waals surface area contributed by atoms with Crippen molar-refractivity contribution in [3.63, 3.8) is 0 Å². The SMILES string of the molecule is CCNC(=NCCNS(=O)(=O)c1ccc(C)cc1)NCCc1ncc(C)s1.I. The Morgan fingerprint density at radius 1 is 1.14 bits per heavy atom. The topological polar surface area (TPSA) is 95.5 Å². The van der Waals surface area contributed by atoms with E-state index in [0.717, 1.165) is 23.5 Å². The number of rotatable bonds is 9. The minimum absolute atomic E-state index is 0. The maximum Gasteiger partial charge on any atom is 0.240 e. The molecule has 2 aromatic rings. The van der Waals surface area contributed by atoms with E-state index in [1.807, 2.05) is 27.0 Å². The van der Waals surface area contributed by atoms with Gasteiger partial charge in [-0.05, 0) is 32.9 Å². The minimum Gasteiger partial charge on any atom is -0.357 e. The van der Waals surface area contributed by atoms with E-state index < -0.39 is 10.0 Å². The molecular formula is C18H28IN5O2S2. The highest BCUT2D eigenvalue weighted by Gasteiger charge is 2.12. The zero-order valence-electron chi connectivity index (χ0n) is 16.4. The fourth-order valence-electron chi connectivity index (χ4n) is 2.30. The second kappa shape index (κ2) is 12.3. The normalized spacial score (nSPS) is 11.8. The van der Waals surface area contributed by atoms with Gasteiger partial charge in [0.2, 0.25) is 10.0 Å². The first-order valence-electron chi connectivity index (χ1n) is 8.90. The summed E-state index contributed by atoms with van der Waals surface area (Å²) in [5, 5.41) is 7.48. The third-order valence-electron chi connectivity index (χ3n) is 3.65. The molecule has 0 saturated heterocycles. The number of nitrogens with one attached hydrogen (secondary N) is 3. The van der Waals surface area contributed by atoms with Gasteiger partial charge < -0.3 is 10.6 Å². The molecule has 0 aliphatic rings. The summed E-state index contributed by atoms with van der Waals surface area (Å²) in [5.74, 6) is 0.667. The number of sulfonamides is 1. The lowest BCUT2D eigenvalue weighted by atomic mass is 10.2. The summed E-state index contributed by atoms with van der Waals surface area (Å²) in [4.78, 5) is 10.2. The van der Waals surface area contributed by atoms with Crippen LogP contribution < -0.4 is 15.4 Å². The molecule has 0 unspecified atom stereocenters. The van der Waals surface area contributed by atoms with Gasteiger partial charge in [-0.25, -0.2) is 18.1 Å². The molecule has 0 spiro atoms. The first kappa shape index (κ1) is 24.8. The Bertz CT molecular complexity index is 851. The lowest BCUT2D eigenvalue weighted by molar-refractivity contribution is 0.582. The summed E-state index contributed by atoms with van der Waals surface area (Å²) in [7, 11) is -3.50. The van der Waals surface area contributed by atoms with Gasteiger partial charge >= 0.3 is 0 Å². The number of aliphatic imine (C=N–C) groups is 1. The fraction of sp³-hybridized carbons (Fsp3) is 0.444. The average Bonchev–Trinajstić information content (AvgIpc) is 3.04. The number of guanidine groups is 1. The van der Waals surface area contributed by atoms with Crippen LogP contribution in [0.3, 0.4) is 0 Å². The Labute approximate surface area is 188 Å². The van der Waals surface area contributed by atoms with Gasteiger partial charge in [-0.15, -0.1) is 35.3 Å². The number of thiazole rings is 1. The number of aromatic nitrogens is 1. The van der Waals surface area contributed by atoms with Gasteiger partial charge in [0.05, 0.1) is 16.4 Å². The maximum atomic E-state index is 12.2. The van der Waals surface area contributed by atoms with Gasteiger partial charge in [-0.3, -0.25) is 4.99 Å². The molecule has 10 heteroatoms. The van der Waals surface area contributed by atoms with Crippen LogP contribution in [0.1, 0.15) is 22.4 Å². The largest absolute Gasteiger partial charge is 0.357 e. The zero-order valence-corrected chi connectivity index (χ0v) is 20.3. The summed E-state index contributed by atoms with van der Waals surface area (Å²) in [6, 6.07) is 6.77. The van der Waals surface area contributed by atoms with Crippen LogP contribution >= 0.6 is 35.3 Å². The lowest BCUT2D eigenvalue weighted by Crippen LogP contribution is -2.39. The number of benzene rings is 1. The fourth-order valence-corrected chi connectivity index (χ4v) is 4.10. The van der Waals surface area contributed by atoms with Gasteiger partial charge in [0.15, 0.2) is 5.96 Å². The molecule has 0 aliphatic heterocycles. The van der Waals surface area contributed by atoms with E-state index in [9.17, 15) is 8.42 Å². The second-order valence-electron chi connectivity index (χ2n) is 6.01. The Kier molecular flexibility index (Phi) is 10.9. The van der Waals surface area contributed by atoms with Gasteiger partial charge in [-0.2, -0.15) is 0 Å². The van der Waals surface area contributed by atoms with E-state index in [4.69, 9.17) is 0 Å². The molecule has 2 rings (SSSR count). The molecule has 0 bridgehead atoms. The molecule has 7 nitrogen and oxygen atoms in total. The first-order valence-corrected chi connectivity index (χ1v) is 11.2. The van der Waals surface area contributed by atoms with Crippen molar-refractivity contribution in [2.24, 2.45) is 4.99 Å². The van der Waals surface area contributed by atoms with Crippen LogP contribution in [0.4, 0.5) is 0 Å². The molecule has 0 aliphatic carbocycles. The van der Waals surface area contributed by atoms with Gasteiger partial charge in [0, 0.05) is 37.1 Å². The van der Waals surface area contributed by atoms with E-state index >= 15 is 0 Å². The highest BCUT2D eigenvalue weighted by atomic mass is 127.